The van der Waals surface area contributed by atoms with Crippen molar-refractivity contribution in [1.82, 2.24) is 4.98 Å². The van der Waals surface area contributed by atoms with E-state index in [0.29, 0.717) is 5.52 Å². The van der Waals surface area contributed by atoms with Gasteiger partial charge in [0.05, 0.1) is 18.8 Å². The van der Waals surface area contributed by atoms with Gasteiger partial charge >= 0.3 is 5.97 Å². The van der Waals surface area contributed by atoms with Gasteiger partial charge in [0.15, 0.2) is 0 Å². The van der Waals surface area contributed by atoms with E-state index in [4.69, 9.17) is 0 Å². The Morgan fingerprint density at radius 1 is 1.50 bits per heavy atom. The van der Waals surface area contributed by atoms with Gasteiger partial charge in [-0.3, -0.25) is 4.98 Å². The molecule has 82 valence electrons. The third-order valence-electron chi connectivity index (χ3n) is 2.20. The number of esters is 1. The summed E-state index contributed by atoms with van der Waals surface area (Å²) >= 11 is 0. The fraction of sp³-hybridized carbons (Fsp3) is 0.0909. The van der Waals surface area contributed by atoms with Crippen molar-refractivity contribution in [3.63, 3.8) is 0 Å². The summed E-state index contributed by atoms with van der Waals surface area (Å²) in [6.07, 6.45) is 1.13. The first-order chi connectivity index (χ1) is 7.63. The number of hydrogen-bond donors (Lipinski definition) is 1. The van der Waals surface area contributed by atoms with E-state index in [0.717, 1.165) is 12.3 Å². The molecule has 0 saturated carbocycles. The highest BCUT2D eigenvalue weighted by Gasteiger charge is 2.16. The molecule has 0 radical (unpaired) electrons. The van der Waals surface area contributed by atoms with Gasteiger partial charge in [-0.15, -0.1) is 0 Å². The number of methoxy groups -OCH3 is 1. The van der Waals surface area contributed by atoms with Crippen molar-refractivity contribution >= 4 is 16.9 Å². The number of rotatable bonds is 1. The molecule has 1 heterocycles. The number of carbonyl (C=O) groups excluding carboxylic acids is 1. The molecule has 16 heavy (non-hydrogen) atoms. The van der Waals surface area contributed by atoms with Crippen LogP contribution >= 0.6 is 0 Å². The summed E-state index contributed by atoms with van der Waals surface area (Å²) in [5.74, 6) is -1.56. The maximum atomic E-state index is 13.1. The summed E-state index contributed by atoms with van der Waals surface area (Å²) < 4.78 is 17.6. The van der Waals surface area contributed by atoms with Crippen LogP contribution < -0.4 is 0 Å². The molecule has 0 aliphatic heterocycles. The Balaban J connectivity index is 2.82. The number of benzene rings is 1. The van der Waals surface area contributed by atoms with Crippen LogP contribution in [0.3, 0.4) is 0 Å². The van der Waals surface area contributed by atoms with Crippen LogP contribution in [0.4, 0.5) is 4.39 Å². The van der Waals surface area contributed by atoms with Crippen LogP contribution in [0, 0.1) is 5.82 Å². The van der Waals surface area contributed by atoms with Gasteiger partial charge in [-0.05, 0) is 18.2 Å². The Kier molecular flexibility index (Phi) is 2.44. The fourth-order valence-electron chi connectivity index (χ4n) is 1.47. The van der Waals surface area contributed by atoms with Crippen molar-refractivity contribution in [2.75, 3.05) is 7.11 Å². The fourth-order valence-corrected chi connectivity index (χ4v) is 1.47. The molecule has 0 bridgehead atoms. The molecule has 1 N–H and O–H groups in total. The summed E-state index contributed by atoms with van der Waals surface area (Å²) in [5.41, 5.74) is 0.339. The van der Waals surface area contributed by atoms with E-state index in [-0.39, 0.29) is 16.7 Å². The number of aromatic hydroxyl groups is 1. The van der Waals surface area contributed by atoms with Crippen molar-refractivity contribution in [2.45, 2.75) is 0 Å². The van der Waals surface area contributed by atoms with Gasteiger partial charge in [0, 0.05) is 5.39 Å². The summed E-state index contributed by atoms with van der Waals surface area (Å²) in [5, 5.41) is 9.74. The van der Waals surface area contributed by atoms with E-state index in [2.05, 4.69) is 9.72 Å². The highest BCUT2D eigenvalue weighted by Crippen LogP contribution is 2.26. The van der Waals surface area contributed by atoms with Gasteiger partial charge in [0.2, 0.25) is 0 Å². The molecule has 0 spiro atoms. The van der Waals surface area contributed by atoms with Gasteiger partial charge in [-0.1, -0.05) is 0 Å². The molecule has 2 rings (SSSR count). The van der Waals surface area contributed by atoms with Crippen molar-refractivity contribution in [2.24, 2.45) is 0 Å². The second kappa shape index (κ2) is 3.77. The zero-order valence-electron chi connectivity index (χ0n) is 8.40. The summed E-state index contributed by atoms with van der Waals surface area (Å²) in [4.78, 5) is 15.3. The van der Waals surface area contributed by atoms with Crippen molar-refractivity contribution in [3.05, 3.63) is 35.8 Å². The predicted molar refractivity (Wildman–Crippen MR) is 54.7 cm³/mol. The zero-order chi connectivity index (χ0) is 11.7. The zero-order valence-corrected chi connectivity index (χ0v) is 8.40. The Labute approximate surface area is 90.3 Å². The quantitative estimate of drug-likeness (QED) is 0.747. The first kappa shape index (κ1) is 10.4. The standard InChI is InChI=1S/C11H8FNO3/c1-16-11(15)10-7-4-6(12)2-3-8(7)13-5-9(10)14/h2-5,14H,1H3. The van der Waals surface area contributed by atoms with Gasteiger partial charge in [-0.2, -0.15) is 0 Å². The normalized spacial score (nSPS) is 10.4. The molecule has 0 aliphatic rings. The predicted octanol–water partition coefficient (Wildman–Crippen LogP) is 1.87. The molecule has 0 unspecified atom stereocenters. The molecule has 0 aliphatic carbocycles. The van der Waals surface area contributed by atoms with E-state index in [1.807, 2.05) is 0 Å². The number of carbonyl (C=O) groups is 1. The summed E-state index contributed by atoms with van der Waals surface area (Å²) in [6.45, 7) is 0. The highest BCUT2D eigenvalue weighted by molar-refractivity contribution is 6.05. The Bertz CT molecular complexity index is 563. The number of aromatic nitrogens is 1. The molecule has 4 nitrogen and oxygen atoms in total. The van der Waals surface area contributed by atoms with Crippen LogP contribution in [0.5, 0.6) is 5.75 Å². The lowest BCUT2D eigenvalue weighted by atomic mass is 10.1. The lowest BCUT2D eigenvalue weighted by Gasteiger charge is -2.06. The molecule has 0 fully saturated rings. The van der Waals surface area contributed by atoms with Gasteiger partial charge < -0.3 is 9.84 Å². The number of halogens is 1. The third-order valence-corrected chi connectivity index (χ3v) is 2.20. The van der Waals surface area contributed by atoms with Crippen LogP contribution in [-0.4, -0.2) is 23.2 Å². The minimum atomic E-state index is -0.726. The number of nitrogens with zero attached hydrogens (tertiary/aromatic N) is 1. The van der Waals surface area contributed by atoms with Gasteiger partial charge in [0.1, 0.15) is 17.1 Å². The van der Waals surface area contributed by atoms with E-state index in [1.165, 1.54) is 19.2 Å². The largest absolute Gasteiger partial charge is 0.505 e. The first-order valence-electron chi connectivity index (χ1n) is 4.49. The van der Waals surface area contributed by atoms with Gasteiger partial charge in [-0.25, -0.2) is 9.18 Å². The molecule has 0 amide bonds. The lowest BCUT2D eigenvalue weighted by molar-refractivity contribution is 0.0599. The number of hydrogen-bond acceptors (Lipinski definition) is 4. The SMILES string of the molecule is COC(=O)c1c(O)cnc2ccc(F)cc12. The Hall–Kier alpha value is -2.17. The topological polar surface area (TPSA) is 59.4 Å². The lowest BCUT2D eigenvalue weighted by Crippen LogP contribution is -2.03. The van der Waals surface area contributed by atoms with E-state index < -0.39 is 11.8 Å². The smallest absolute Gasteiger partial charge is 0.342 e. The van der Waals surface area contributed by atoms with Gasteiger partial charge in [0.25, 0.3) is 0 Å². The maximum Gasteiger partial charge on any atom is 0.342 e. The highest BCUT2D eigenvalue weighted by atomic mass is 19.1. The summed E-state index contributed by atoms with van der Waals surface area (Å²) in [6, 6.07) is 3.79. The Morgan fingerprint density at radius 2 is 2.25 bits per heavy atom. The number of ether oxygens (including phenoxy) is 1. The molecular formula is C11H8FNO3. The van der Waals surface area contributed by atoms with Crippen molar-refractivity contribution < 1.29 is 19.0 Å². The average molecular weight is 221 g/mol. The minimum absolute atomic E-state index is 0.0769. The van der Waals surface area contributed by atoms with E-state index >= 15 is 0 Å². The molecule has 2 aromatic rings. The maximum absolute atomic E-state index is 13.1. The number of fused-ring (bicyclic) bond motifs is 1. The second-order valence-electron chi connectivity index (χ2n) is 3.17. The average Bonchev–Trinajstić information content (AvgIpc) is 2.28. The number of pyridine rings is 1. The van der Waals surface area contributed by atoms with Crippen LogP contribution in [0.2, 0.25) is 0 Å². The van der Waals surface area contributed by atoms with E-state index in [9.17, 15) is 14.3 Å². The minimum Gasteiger partial charge on any atom is -0.505 e. The second-order valence-corrected chi connectivity index (χ2v) is 3.17. The molecule has 0 atom stereocenters. The van der Waals surface area contributed by atoms with Crippen molar-refractivity contribution in [1.29, 1.82) is 0 Å². The molecule has 5 heteroatoms. The summed E-state index contributed by atoms with van der Waals surface area (Å²) in [7, 11) is 1.19. The molecule has 0 saturated heterocycles. The Morgan fingerprint density at radius 3 is 2.94 bits per heavy atom. The first-order valence-corrected chi connectivity index (χ1v) is 4.49. The van der Waals surface area contributed by atoms with E-state index in [1.54, 1.807) is 0 Å². The third kappa shape index (κ3) is 1.56. The molecule has 1 aromatic heterocycles. The molecule has 1 aromatic carbocycles. The van der Waals surface area contributed by atoms with Crippen molar-refractivity contribution in [3.8, 4) is 5.75 Å². The molecular weight excluding hydrogens is 213 g/mol. The van der Waals surface area contributed by atoms with Crippen LogP contribution in [-0.2, 0) is 4.74 Å². The van der Waals surface area contributed by atoms with Crippen LogP contribution in [0.15, 0.2) is 24.4 Å². The van der Waals surface area contributed by atoms with Crippen LogP contribution in [0.25, 0.3) is 10.9 Å². The van der Waals surface area contributed by atoms with Crippen LogP contribution in [0.1, 0.15) is 10.4 Å². The monoisotopic (exact) mass is 221 g/mol.